The maximum Gasteiger partial charge on any atom is 0.149 e. The van der Waals surface area contributed by atoms with Crippen molar-refractivity contribution in [3.63, 3.8) is 0 Å². The van der Waals surface area contributed by atoms with Crippen LogP contribution in [0.15, 0.2) is 79.0 Å². The molecule has 0 bridgehead atoms. The highest BCUT2D eigenvalue weighted by Crippen LogP contribution is 2.31. The van der Waals surface area contributed by atoms with Crippen LogP contribution in [-0.2, 0) is 6.42 Å². The third-order valence-corrected chi connectivity index (χ3v) is 4.71. The van der Waals surface area contributed by atoms with E-state index in [0.717, 1.165) is 35.0 Å². The molecule has 4 aromatic rings. The number of hydrogen-bond acceptors (Lipinski definition) is 1. The molecule has 0 unspecified atom stereocenters. The number of aromatic nitrogens is 1. The smallest absolute Gasteiger partial charge is 0.149 e. The van der Waals surface area contributed by atoms with E-state index in [1.165, 1.54) is 17.3 Å². The first-order valence-electron chi connectivity index (χ1n) is 8.99. The van der Waals surface area contributed by atoms with E-state index in [2.05, 4.69) is 48.3 Å². The van der Waals surface area contributed by atoms with Gasteiger partial charge in [-0.15, -0.1) is 0 Å². The van der Waals surface area contributed by atoms with Crippen LogP contribution < -0.4 is 0 Å². The quantitative estimate of drug-likeness (QED) is 0.404. The Bertz CT molecular complexity index is 1050. The van der Waals surface area contributed by atoms with Crippen LogP contribution in [0.3, 0.4) is 0 Å². The fraction of sp³-hybridized carbons (Fsp3) is 0.125. The first-order chi connectivity index (χ1) is 12.8. The summed E-state index contributed by atoms with van der Waals surface area (Å²) < 4.78 is 14.1. The van der Waals surface area contributed by atoms with Crippen molar-refractivity contribution < 1.29 is 4.39 Å². The number of rotatable bonds is 4. The van der Waals surface area contributed by atoms with Gasteiger partial charge >= 0.3 is 0 Å². The number of halogens is 1. The summed E-state index contributed by atoms with van der Waals surface area (Å²) in [5, 5.41) is 1.44. The van der Waals surface area contributed by atoms with Gasteiger partial charge < -0.3 is 0 Å². The molecule has 0 N–H and O–H groups in total. The molecular formula is C24H20FN. The zero-order chi connectivity index (χ0) is 17.9. The van der Waals surface area contributed by atoms with Gasteiger partial charge in [0.05, 0.1) is 11.9 Å². The lowest BCUT2D eigenvalue weighted by Crippen LogP contribution is -1.90. The van der Waals surface area contributed by atoms with Crippen molar-refractivity contribution in [2.45, 2.75) is 19.8 Å². The Morgan fingerprint density at radius 1 is 0.769 bits per heavy atom. The van der Waals surface area contributed by atoms with E-state index in [1.807, 2.05) is 30.3 Å². The lowest BCUT2D eigenvalue weighted by Gasteiger charge is -2.09. The van der Waals surface area contributed by atoms with Gasteiger partial charge in [0.25, 0.3) is 0 Å². The van der Waals surface area contributed by atoms with E-state index < -0.39 is 0 Å². The summed E-state index contributed by atoms with van der Waals surface area (Å²) in [6.07, 6.45) is 3.56. The molecule has 0 aliphatic heterocycles. The molecule has 0 atom stereocenters. The maximum atomic E-state index is 14.1. The second-order valence-electron chi connectivity index (χ2n) is 6.53. The van der Waals surface area contributed by atoms with Gasteiger partial charge in [-0.1, -0.05) is 80.1 Å². The molecule has 128 valence electrons. The highest BCUT2D eigenvalue weighted by molar-refractivity contribution is 5.95. The first-order valence-corrected chi connectivity index (χ1v) is 8.99. The van der Waals surface area contributed by atoms with E-state index >= 15 is 0 Å². The van der Waals surface area contributed by atoms with Crippen molar-refractivity contribution in [1.29, 1.82) is 0 Å². The summed E-state index contributed by atoms with van der Waals surface area (Å²) in [6, 6.07) is 24.5. The van der Waals surface area contributed by atoms with Crippen LogP contribution in [0.5, 0.6) is 0 Å². The summed E-state index contributed by atoms with van der Waals surface area (Å²) in [5.74, 6) is -0.285. The van der Waals surface area contributed by atoms with Gasteiger partial charge in [0, 0.05) is 16.3 Å². The summed E-state index contributed by atoms with van der Waals surface area (Å²) in [5.41, 5.74) is 5.49. The summed E-state index contributed by atoms with van der Waals surface area (Å²) in [7, 11) is 0. The van der Waals surface area contributed by atoms with E-state index in [0.29, 0.717) is 5.39 Å². The molecule has 0 aliphatic carbocycles. The number of hydrogen-bond donors (Lipinski definition) is 0. The zero-order valence-corrected chi connectivity index (χ0v) is 14.7. The van der Waals surface area contributed by atoms with E-state index in [9.17, 15) is 4.39 Å². The standard InChI is InChI=1S/C24H20FN/c1-2-6-17-11-13-18(14-12-17)19-7-5-8-20(15-19)24-22-10-4-3-9-21(22)23(25)16-26-24/h3-5,7-16H,2,6H2,1H3. The second kappa shape index (κ2) is 7.09. The van der Waals surface area contributed by atoms with Crippen molar-refractivity contribution in [3.05, 3.63) is 90.4 Å². The van der Waals surface area contributed by atoms with Gasteiger partial charge in [0.15, 0.2) is 0 Å². The molecule has 0 saturated heterocycles. The Labute approximate surface area is 153 Å². The normalized spacial score (nSPS) is 11.0. The topological polar surface area (TPSA) is 12.9 Å². The van der Waals surface area contributed by atoms with Crippen LogP contribution in [0.1, 0.15) is 18.9 Å². The first kappa shape index (κ1) is 16.5. The van der Waals surface area contributed by atoms with Crippen molar-refractivity contribution >= 4 is 10.8 Å². The number of pyridine rings is 1. The maximum absolute atomic E-state index is 14.1. The molecule has 0 spiro atoms. The van der Waals surface area contributed by atoms with Gasteiger partial charge in [-0.05, 0) is 29.2 Å². The average molecular weight is 341 g/mol. The number of fused-ring (bicyclic) bond motifs is 1. The minimum Gasteiger partial charge on any atom is -0.253 e. The van der Waals surface area contributed by atoms with E-state index in [-0.39, 0.29) is 5.82 Å². The fourth-order valence-corrected chi connectivity index (χ4v) is 3.39. The SMILES string of the molecule is CCCc1ccc(-c2cccc(-c3ncc(F)c4ccccc34)c2)cc1. The van der Waals surface area contributed by atoms with Crippen LogP contribution >= 0.6 is 0 Å². The summed E-state index contributed by atoms with van der Waals surface area (Å²) >= 11 is 0. The molecule has 0 amide bonds. The molecule has 1 heterocycles. The van der Waals surface area contributed by atoms with Crippen LogP contribution in [0, 0.1) is 5.82 Å². The molecule has 1 aromatic heterocycles. The minimum absolute atomic E-state index is 0.285. The monoisotopic (exact) mass is 341 g/mol. The molecular weight excluding hydrogens is 321 g/mol. The molecule has 0 aliphatic rings. The van der Waals surface area contributed by atoms with Gasteiger partial charge in [0.2, 0.25) is 0 Å². The highest BCUT2D eigenvalue weighted by atomic mass is 19.1. The number of nitrogens with zero attached hydrogens (tertiary/aromatic N) is 1. The Morgan fingerprint density at radius 2 is 1.50 bits per heavy atom. The molecule has 3 aromatic carbocycles. The molecule has 0 radical (unpaired) electrons. The van der Waals surface area contributed by atoms with Gasteiger partial charge in [-0.2, -0.15) is 0 Å². The van der Waals surface area contributed by atoms with Crippen LogP contribution in [0.4, 0.5) is 4.39 Å². The Morgan fingerprint density at radius 3 is 2.27 bits per heavy atom. The van der Waals surface area contributed by atoms with Crippen molar-refractivity contribution in [1.82, 2.24) is 4.98 Å². The summed E-state index contributed by atoms with van der Waals surface area (Å²) in [6.45, 7) is 2.19. The molecule has 0 saturated carbocycles. The number of benzene rings is 3. The Kier molecular flexibility index (Phi) is 4.49. The second-order valence-corrected chi connectivity index (χ2v) is 6.53. The molecule has 2 heteroatoms. The minimum atomic E-state index is -0.285. The molecule has 26 heavy (non-hydrogen) atoms. The predicted octanol–water partition coefficient (Wildman–Crippen LogP) is 6.66. The van der Waals surface area contributed by atoms with Crippen molar-refractivity contribution in [2.75, 3.05) is 0 Å². The third kappa shape index (κ3) is 3.11. The average Bonchev–Trinajstić information content (AvgIpc) is 2.69. The largest absolute Gasteiger partial charge is 0.253 e. The Hall–Kier alpha value is -3.00. The zero-order valence-electron chi connectivity index (χ0n) is 14.7. The molecule has 1 nitrogen and oxygen atoms in total. The van der Waals surface area contributed by atoms with Gasteiger partial charge in [0.1, 0.15) is 5.82 Å². The number of aryl methyl sites for hydroxylation is 1. The fourth-order valence-electron chi connectivity index (χ4n) is 3.39. The lowest BCUT2D eigenvalue weighted by molar-refractivity contribution is 0.634. The molecule has 0 fully saturated rings. The van der Waals surface area contributed by atoms with Crippen LogP contribution in [0.2, 0.25) is 0 Å². The van der Waals surface area contributed by atoms with Gasteiger partial charge in [-0.3, -0.25) is 4.98 Å². The third-order valence-electron chi connectivity index (χ3n) is 4.71. The van der Waals surface area contributed by atoms with E-state index in [4.69, 9.17) is 0 Å². The van der Waals surface area contributed by atoms with Crippen molar-refractivity contribution in [2.24, 2.45) is 0 Å². The Balaban J connectivity index is 1.78. The molecule has 4 rings (SSSR count). The summed E-state index contributed by atoms with van der Waals surface area (Å²) in [4.78, 5) is 4.37. The van der Waals surface area contributed by atoms with E-state index in [1.54, 1.807) is 6.07 Å². The van der Waals surface area contributed by atoms with Crippen LogP contribution in [-0.4, -0.2) is 4.98 Å². The predicted molar refractivity (Wildman–Crippen MR) is 107 cm³/mol. The van der Waals surface area contributed by atoms with Crippen LogP contribution in [0.25, 0.3) is 33.2 Å². The van der Waals surface area contributed by atoms with Gasteiger partial charge in [-0.25, -0.2) is 4.39 Å². The highest BCUT2D eigenvalue weighted by Gasteiger charge is 2.10. The lowest BCUT2D eigenvalue weighted by atomic mass is 9.98. The van der Waals surface area contributed by atoms with Crippen molar-refractivity contribution in [3.8, 4) is 22.4 Å².